The van der Waals surface area contributed by atoms with E-state index in [4.69, 9.17) is 0 Å². The molecule has 0 heterocycles. The lowest BCUT2D eigenvalue weighted by molar-refractivity contribution is 0.0957. The van der Waals surface area contributed by atoms with Gasteiger partial charge in [-0.3, -0.25) is 9.00 Å². The Kier molecular flexibility index (Phi) is 6.56. The molecule has 0 spiro atoms. The number of aryl methyl sites for hydroxylation is 1. The summed E-state index contributed by atoms with van der Waals surface area (Å²) < 4.78 is 11.3. The fourth-order valence-corrected chi connectivity index (χ4v) is 2.33. The minimum absolute atomic E-state index is 0.121. The number of benzene rings is 1. The highest BCUT2D eigenvalue weighted by Gasteiger charge is 2.10. The first-order valence-corrected chi connectivity index (χ1v) is 8.05. The quantitative estimate of drug-likeness (QED) is 0.803. The predicted molar refractivity (Wildman–Crippen MR) is 81.2 cm³/mol. The van der Waals surface area contributed by atoms with E-state index in [9.17, 15) is 9.00 Å². The van der Waals surface area contributed by atoms with Crippen LogP contribution in [0.5, 0.6) is 0 Å². The normalized spacial score (nSPS) is 11.9. The molecule has 1 aromatic rings. The standard InChI is InChI=1S/C14H22N2O2S/c1-4-15-13-10-11(3)6-7-12(13)14(17)16-8-9-19(18)5-2/h6-7,10,15H,4-5,8-9H2,1-3H3,(H,16,17). The fourth-order valence-electron chi connectivity index (χ4n) is 1.71. The van der Waals surface area contributed by atoms with E-state index >= 15 is 0 Å². The molecule has 0 bridgehead atoms. The van der Waals surface area contributed by atoms with Crippen LogP contribution in [0, 0.1) is 6.92 Å². The first kappa shape index (κ1) is 15.7. The SMILES string of the molecule is CCNc1cc(C)ccc1C(=O)NCCS(=O)CC. The van der Waals surface area contributed by atoms with Crippen molar-refractivity contribution in [2.45, 2.75) is 20.8 Å². The predicted octanol–water partition coefficient (Wildman–Crippen LogP) is 1.93. The van der Waals surface area contributed by atoms with E-state index in [0.717, 1.165) is 17.8 Å². The first-order chi connectivity index (χ1) is 9.08. The van der Waals surface area contributed by atoms with Crippen LogP contribution in [0.15, 0.2) is 18.2 Å². The van der Waals surface area contributed by atoms with Crippen LogP contribution in [0.3, 0.4) is 0 Å². The van der Waals surface area contributed by atoms with Gasteiger partial charge in [0, 0.05) is 41.1 Å². The van der Waals surface area contributed by atoms with Crippen LogP contribution in [0.25, 0.3) is 0 Å². The van der Waals surface area contributed by atoms with Crippen molar-refractivity contribution in [1.29, 1.82) is 0 Å². The van der Waals surface area contributed by atoms with Crippen molar-refractivity contribution in [3.8, 4) is 0 Å². The maximum Gasteiger partial charge on any atom is 0.253 e. The molecule has 0 aliphatic heterocycles. The second-order valence-corrected chi connectivity index (χ2v) is 6.13. The van der Waals surface area contributed by atoms with Gasteiger partial charge in [0.15, 0.2) is 0 Å². The molecule has 0 radical (unpaired) electrons. The molecule has 0 saturated carbocycles. The van der Waals surface area contributed by atoms with E-state index in [1.807, 2.05) is 39.0 Å². The molecule has 1 atom stereocenters. The second-order valence-electron chi connectivity index (χ2n) is 4.27. The number of nitrogens with one attached hydrogen (secondary N) is 2. The van der Waals surface area contributed by atoms with Gasteiger partial charge in [-0.1, -0.05) is 13.0 Å². The van der Waals surface area contributed by atoms with Crippen LogP contribution in [0.4, 0.5) is 5.69 Å². The summed E-state index contributed by atoms with van der Waals surface area (Å²) in [5.74, 6) is 1.01. The Labute approximate surface area is 117 Å². The molecule has 19 heavy (non-hydrogen) atoms. The zero-order valence-corrected chi connectivity index (χ0v) is 12.6. The van der Waals surface area contributed by atoms with Gasteiger partial charge in [0.05, 0.1) is 5.56 Å². The third-order valence-corrected chi connectivity index (χ3v) is 4.03. The molecule has 0 aromatic heterocycles. The summed E-state index contributed by atoms with van der Waals surface area (Å²) in [6.45, 7) is 7.07. The van der Waals surface area contributed by atoms with E-state index in [0.29, 0.717) is 23.6 Å². The van der Waals surface area contributed by atoms with E-state index in [1.165, 1.54) is 0 Å². The Morgan fingerprint density at radius 3 is 2.68 bits per heavy atom. The fraction of sp³-hybridized carbons (Fsp3) is 0.500. The molecule has 0 aliphatic carbocycles. The van der Waals surface area contributed by atoms with Crippen molar-refractivity contribution < 1.29 is 9.00 Å². The molecule has 5 heteroatoms. The average molecular weight is 282 g/mol. The Hall–Kier alpha value is -1.36. The highest BCUT2D eigenvalue weighted by Crippen LogP contribution is 2.17. The third-order valence-electron chi connectivity index (χ3n) is 2.72. The van der Waals surface area contributed by atoms with Gasteiger partial charge < -0.3 is 10.6 Å². The highest BCUT2D eigenvalue weighted by molar-refractivity contribution is 7.84. The average Bonchev–Trinajstić information content (AvgIpc) is 2.38. The monoisotopic (exact) mass is 282 g/mol. The van der Waals surface area contributed by atoms with Crippen molar-refractivity contribution in [3.63, 3.8) is 0 Å². The van der Waals surface area contributed by atoms with Crippen molar-refractivity contribution in [2.75, 3.05) is 29.9 Å². The van der Waals surface area contributed by atoms with Crippen LogP contribution in [0.2, 0.25) is 0 Å². The number of carbonyl (C=O) groups is 1. The molecule has 1 aromatic carbocycles. The van der Waals surface area contributed by atoms with Crippen LogP contribution in [0.1, 0.15) is 29.8 Å². The zero-order chi connectivity index (χ0) is 14.3. The molecule has 4 nitrogen and oxygen atoms in total. The lowest BCUT2D eigenvalue weighted by Gasteiger charge is -2.12. The number of anilines is 1. The molecule has 2 N–H and O–H groups in total. The van der Waals surface area contributed by atoms with Gasteiger partial charge in [-0.05, 0) is 31.5 Å². The number of rotatable bonds is 7. The lowest BCUT2D eigenvalue weighted by atomic mass is 10.1. The summed E-state index contributed by atoms with van der Waals surface area (Å²) in [5, 5.41) is 6.00. The summed E-state index contributed by atoms with van der Waals surface area (Å²) >= 11 is 0. The van der Waals surface area contributed by atoms with Gasteiger partial charge >= 0.3 is 0 Å². The maximum absolute atomic E-state index is 12.1. The number of hydrogen-bond donors (Lipinski definition) is 2. The van der Waals surface area contributed by atoms with Crippen LogP contribution < -0.4 is 10.6 Å². The molecule has 0 fully saturated rings. The molecule has 0 aliphatic rings. The number of amides is 1. The smallest absolute Gasteiger partial charge is 0.253 e. The number of carbonyl (C=O) groups excluding carboxylic acids is 1. The topological polar surface area (TPSA) is 58.2 Å². The molecule has 1 rings (SSSR count). The Balaban J connectivity index is 2.68. The second kappa shape index (κ2) is 7.94. The van der Waals surface area contributed by atoms with Gasteiger partial charge in [0.25, 0.3) is 5.91 Å². The molecule has 1 unspecified atom stereocenters. The Bertz CT molecular complexity index is 461. The first-order valence-electron chi connectivity index (χ1n) is 6.56. The summed E-state index contributed by atoms with van der Waals surface area (Å²) in [6, 6.07) is 5.70. The van der Waals surface area contributed by atoms with Crippen LogP contribution >= 0.6 is 0 Å². The number of hydrogen-bond acceptors (Lipinski definition) is 3. The largest absolute Gasteiger partial charge is 0.385 e. The molecular formula is C14H22N2O2S. The van der Waals surface area contributed by atoms with Crippen LogP contribution in [-0.2, 0) is 10.8 Å². The molecule has 1 amide bonds. The van der Waals surface area contributed by atoms with Crippen molar-refractivity contribution in [3.05, 3.63) is 29.3 Å². The van der Waals surface area contributed by atoms with Crippen molar-refractivity contribution in [2.24, 2.45) is 0 Å². The van der Waals surface area contributed by atoms with Gasteiger partial charge in [-0.25, -0.2) is 0 Å². The zero-order valence-electron chi connectivity index (χ0n) is 11.8. The molecule has 106 valence electrons. The maximum atomic E-state index is 12.1. The summed E-state index contributed by atoms with van der Waals surface area (Å²) in [5.41, 5.74) is 2.59. The van der Waals surface area contributed by atoms with E-state index in [1.54, 1.807) is 0 Å². The third kappa shape index (κ3) is 5.03. The van der Waals surface area contributed by atoms with Crippen molar-refractivity contribution in [1.82, 2.24) is 5.32 Å². The Morgan fingerprint density at radius 1 is 1.32 bits per heavy atom. The highest BCUT2D eigenvalue weighted by atomic mass is 32.2. The summed E-state index contributed by atoms with van der Waals surface area (Å²) in [7, 11) is -0.843. The van der Waals surface area contributed by atoms with E-state index < -0.39 is 10.8 Å². The van der Waals surface area contributed by atoms with Gasteiger partial charge in [0.2, 0.25) is 0 Å². The van der Waals surface area contributed by atoms with Crippen LogP contribution in [-0.4, -0.2) is 34.7 Å². The van der Waals surface area contributed by atoms with Crippen molar-refractivity contribution >= 4 is 22.4 Å². The minimum atomic E-state index is -0.843. The summed E-state index contributed by atoms with van der Waals surface area (Å²) in [4.78, 5) is 12.1. The van der Waals surface area contributed by atoms with Gasteiger partial charge in [0.1, 0.15) is 0 Å². The van der Waals surface area contributed by atoms with Gasteiger partial charge in [-0.15, -0.1) is 0 Å². The lowest BCUT2D eigenvalue weighted by Crippen LogP contribution is -2.28. The molecule has 0 saturated heterocycles. The van der Waals surface area contributed by atoms with E-state index in [-0.39, 0.29) is 5.91 Å². The molecular weight excluding hydrogens is 260 g/mol. The Morgan fingerprint density at radius 2 is 2.05 bits per heavy atom. The van der Waals surface area contributed by atoms with E-state index in [2.05, 4.69) is 10.6 Å². The van der Waals surface area contributed by atoms with Gasteiger partial charge in [-0.2, -0.15) is 0 Å². The minimum Gasteiger partial charge on any atom is -0.385 e. The summed E-state index contributed by atoms with van der Waals surface area (Å²) in [6.07, 6.45) is 0.